The second-order valence-electron chi connectivity index (χ2n) is 3.68. The number of carboxylic acids is 1. The highest BCUT2D eigenvalue weighted by Crippen LogP contribution is 2.36. The van der Waals surface area contributed by atoms with Crippen molar-refractivity contribution in [2.75, 3.05) is 0 Å². The molecule has 0 fully saturated rings. The molecule has 0 aliphatic rings. The third-order valence-electron chi connectivity index (χ3n) is 2.44. The fraction of sp³-hybridized carbons (Fsp3) is 0.0909. The van der Waals surface area contributed by atoms with Gasteiger partial charge in [-0.1, -0.05) is 18.2 Å². The molecular weight excluding hydrogens is 265 g/mol. The van der Waals surface area contributed by atoms with Gasteiger partial charge in [-0.3, -0.25) is 4.98 Å². The van der Waals surface area contributed by atoms with Crippen LogP contribution in [0.2, 0.25) is 0 Å². The minimum atomic E-state index is -4.65. The van der Waals surface area contributed by atoms with Crippen LogP contribution in [0.1, 0.15) is 16.1 Å². The molecule has 0 radical (unpaired) electrons. The number of hydrogen-bond acceptors (Lipinski definition) is 2. The van der Waals surface area contributed by atoms with Crippen LogP contribution < -0.4 is 5.69 Å². The van der Waals surface area contributed by atoms with Gasteiger partial charge in [0, 0.05) is 5.56 Å². The third-order valence-corrected chi connectivity index (χ3v) is 2.44. The van der Waals surface area contributed by atoms with Gasteiger partial charge in [-0.15, -0.1) is 0 Å². The maximum Gasteiger partial charge on any atom is 0.417 e. The Morgan fingerprint density at radius 1 is 1.16 bits per heavy atom. The molecule has 1 heterocycles. The van der Waals surface area contributed by atoms with E-state index in [2.05, 4.69) is 4.98 Å². The molecule has 2 aromatic rings. The number of carboxylic acid groups (broad SMARTS) is 1. The molecule has 0 aliphatic heterocycles. The summed E-state index contributed by atoms with van der Waals surface area (Å²) in [6.07, 6.45) is -4.65. The van der Waals surface area contributed by atoms with Gasteiger partial charge in [0.05, 0.1) is 11.3 Å². The van der Waals surface area contributed by atoms with Crippen LogP contribution in [0.15, 0.2) is 29.1 Å². The minimum Gasteiger partial charge on any atom is -0.477 e. The molecule has 5 nitrogen and oxygen atoms in total. The van der Waals surface area contributed by atoms with Crippen molar-refractivity contribution in [3.63, 3.8) is 0 Å². The SMILES string of the molecule is O=C(O)c1[nH]c(=O)[nH]c1-c1ccccc1C(F)(F)F. The lowest BCUT2D eigenvalue weighted by atomic mass is 10.0. The van der Waals surface area contributed by atoms with E-state index in [0.717, 1.165) is 12.1 Å². The first kappa shape index (κ1) is 12.9. The summed E-state index contributed by atoms with van der Waals surface area (Å²) in [5, 5.41) is 8.86. The van der Waals surface area contributed by atoms with Gasteiger partial charge in [0.25, 0.3) is 0 Å². The summed E-state index contributed by atoms with van der Waals surface area (Å²) in [6, 6.07) is 4.40. The molecule has 1 aromatic carbocycles. The topological polar surface area (TPSA) is 85.9 Å². The fourth-order valence-corrected chi connectivity index (χ4v) is 1.69. The maximum atomic E-state index is 12.8. The van der Waals surface area contributed by atoms with Crippen molar-refractivity contribution >= 4 is 5.97 Å². The van der Waals surface area contributed by atoms with Gasteiger partial charge in [0.2, 0.25) is 0 Å². The Bertz CT molecular complexity index is 685. The Morgan fingerprint density at radius 2 is 1.79 bits per heavy atom. The van der Waals surface area contributed by atoms with Gasteiger partial charge in [0.15, 0.2) is 5.69 Å². The maximum absolute atomic E-state index is 12.8. The number of alkyl halides is 3. The Kier molecular flexibility index (Phi) is 2.93. The van der Waals surface area contributed by atoms with Crippen molar-refractivity contribution in [2.45, 2.75) is 6.18 Å². The first-order valence-electron chi connectivity index (χ1n) is 5.03. The largest absolute Gasteiger partial charge is 0.477 e. The molecule has 0 unspecified atom stereocenters. The van der Waals surface area contributed by atoms with Gasteiger partial charge < -0.3 is 10.1 Å². The number of rotatable bonds is 2. The molecule has 0 amide bonds. The highest BCUT2D eigenvalue weighted by molar-refractivity contribution is 5.93. The van der Waals surface area contributed by atoms with Crippen LogP contribution in [0.3, 0.4) is 0 Å². The van der Waals surface area contributed by atoms with Gasteiger partial charge in [-0.05, 0) is 6.07 Å². The molecule has 3 N–H and O–H groups in total. The van der Waals surface area contributed by atoms with Crippen molar-refractivity contribution < 1.29 is 23.1 Å². The molecule has 0 atom stereocenters. The Balaban J connectivity index is 2.73. The molecular formula is C11H7F3N2O3. The molecule has 1 aromatic heterocycles. The number of hydrogen-bond donors (Lipinski definition) is 3. The van der Waals surface area contributed by atoms with Crippen molar-refractivity contribution in [1.82, 2.24) is 9.97 Å². The number of carbonyl (C=O) groups is 1. The predicted octanol–water partition coefficient (Wildman–Crippen LogP) is 2.09. The smallest absolute Gasteiger partial charge is 0.417 e. The van der Waals surface area contributed by atoms with E-state index in [4.69, 9.17) is 5.11 Å². The molecule has 0 saturated heterocycles. The van der Waals surface area contributed by atoms with Crippen molar-refractivity contribution in [1.29, 1.82) is 0 Å². The Hall–Kier alpha value is -2.51. The monoisotopic (exact) mass is 272 g/mol. The zero-order valence-corrected chi connectivity index (χ0v) is 9.21. The number of aromatic nitrogens is 2. The molecule has 19 heavy (non-hydrogen) atoms. The van der Waals surface area contributed by atoms with Crippen LogP contribution in [0.5, 0.6) is 0 Å². The summed E-state index contributed by atoms with van der Waals surface area (Å²) in [6.45, 7) is 0. The highest BCUT2D eigenvalue weighted by Gasteiger charge is 2.34. The van der Waals surface area contributed by atoms with Crippen LogP contribution in [-0.4, -0.2) is 21.0 Å². The number of aromatic amines is 2. The number of nitrogens with one attached hydrogen (secondary N) is 2. The van der Waals surface area contributed by atoms with Crippen LogP contribution >= 0.6 is 0 Å². The average molecular weight is 272 g/mol. The Labute approximate surface area is 103 Å². The number of H-pyrrole nitrogens is 2. The molecule has 100 valence electrons. The van der Waals surface area contributed by atoms with Crippen LogP contribution in [0.4, 0.5) is 13.2 Å². The molecule has 8 heteroatoms. The van der Waals surface area contributed by atoms with E-state index in [1.807, 2.05) is 4.98 Å². The highest BCUT2D eigenvalue weighted by atomic mass is 19.4. The first-order chi connectivity index (χ1) is 8.80. The third kappa shape index (κ3) is 2.37. The lowest BCUT2D eigenvalue weighted by Crippen LogP contribution is -2.08. The van der Waals surface area contributed by atoms with E-state index in [0.29, 0.717) is 0 Å². The lowest BCUT2D eigenvalue weighted by molar-refractivity contribution is -0.137. The van der Waals surface area contributed by atoms with E-state index >= 15 is 0 Å². The lowest BCUT2D eigenvalue weighted by Gasteiger charge is -2.11. The second kappa shape index (κ2) is 4.30. The zero-order chi connectivity index (χ0) is 14.2. The summed E-state index contributed by atoms with van der Waals surface area (Å²) in [5.74, 6) is -1.52. The van der Waals surface area contributed by atoms with Crippen LogP contribution in [0, 0.1) is 0 Å². The predicted molar refractivity (Wildman–Crippen MR) is 58.8 cm³/mol. The van der Waals surface area contributed by atoms with Gasteiger partial charge in [0.1, 0.15) is 0 Å². The minimum absolute atomic E-state index is 0.397. The van der Waals surface area contributed by atoms with Crippen molar-refractivity contribution in [2.24, 2.45) is 0 Å². The number of imidazole rings is 1. The molecule has 0 aliphatic carbocycles. The first-order valence-corrected chi connectivity index (χ1v) is 5.03. The fourth-order valence-electron chi connectivity index (χ4n) is 1.69. The van der Waals surface area contributed by atoms with Gasteiger partial charge >= 0.3 is 17.8 Å². The van der Waals surface area contributed by atoms with E-state index in [-0.39, 0.29) is 0 Å². The summed E-state index contributed by atoms with van der Waals surface area (Å²) < 4.78 is 38.5. The summed E-state index contributed by atoms with van der Waals surface area (Å²) >= 11 is 0. The molecule has 2 rings (SSSR count). The normalized spacial score (nSPS) is 11.5. The second-order valence-corrected chi connectivity index (χ2v) is 3.68. The van der Waals surface area contributed by atoms with Gasteiger partial charge in [-0.2, -0.15) is 13.2 Å². The molecule has 0 bridgehead atoms. The molecule has 0 spiro atoms. The van der Waals surface area contributed by atoms with Crippen molar-refractivity contribution in [3.05, 3.63) is 46.0 Å². The average Bonchev–Trinajstić information content (AvgIpc) is 2.70. The standard InChI is InChI=1S/C11H7F3N2O3/c12-11(13,14)6-4-2-1-3-5(6)7-8(9(17)18)16-10(19)15-7/h1-4H,(H,17,18)(H2,15,16,19). The number of halogens is 3. The quantitative estimate of drug-likeness (QED) is 0.782. The number of aromatic carboxylic acids is 1. The van der Waals surface area contributed by atoms with Gasteiger partial charge in [-0.25, -0.2) is 9.59 Å². The number of benzene rings is 1. The molecule has 0 saturated carbocycles. The summed E-state index contributed by atoms with van der Waals surface area (Å²) in [4.78, 5) is 26.0. The van der Waals surface area contributed by atoms with E-state index in [9.17, 15) is 22.8 Å². The van der Waals surface area contributed by atoms with E-state index in [1.165, 1.54) is 12.1 Å². The van der Waals surface area contributed by atoms with E-state index in [1.54, 1.807) is 0 Å². The van der Waals surface area contributed by atoms with Crippen molar-refractivity contribution in [3.8, 4) is 11.3 Å². The zero-order valence-electron chi connectivity index (χ0n) is 9.21. The Morgan fingerprint density at radius 3 is 2.37 bits per heavy atom. The van der Waals surface area contributed by atoms with E-state index < -0.39 is 40.4 Å². The summed E-state index contributed by atoms with van der Waals surface area (Å²) in [5.41, 5.74) is -3.31. The van der Waals surface area contributed by atoms with Crippen LogP contribution in [-0.2, 0) is 6.18 Å². The summed E-state index contributed by atoms with van der Waals surface area (Å²) in [7, 11) is 0. The van der Waals surface area contributed by atoms with Crippen LogP contribution in [0.25, 0.3) is 11.3 Å².